The fourth-order valence-electron chi connectivity index (χ4n) is 2.52. The highest BCUT2D eigenvalue weighted by molar-refractivity contribution is 6.01. The van der Waals surface area contributed by atoms with Gasteiger partial charge in [0.05, 0.1) is 10.5 Å². The van der Waals surface area contributed by atoms with Gasteiger partial charge >= 0.3 is 0 Å². The SMILES string of the molecule is O=C(Cc1c(F)cccc1[N+](=O)[O-])c1ccc2ccccc2c1. The van der Waals surface area contributed by atoms with E-state index in [9.17, 15) is 19.3 Å². The molecule has 0 spiro atoms. The number of rotatable bonds is 4. The Morgan fingerprint density at radius 1 is 1.00 bits per heavy atom. The summed E-state index contributed by atoms with van der Waals surface area (Å²) < 4.78 is 13.9. The summed E-state index contributed by atoms with van der Waals surface area (Å²) >= 11 is 0. The van der Waals surface area contributed by atoms with Crippen LogP contribution < -0.4 is 0 Å². The monoisotopic (exact) mass is 309 g/mol. The molecule has 0 aromatic heterocycles. The maximum absolute atomic E-state index is 13.9. The Labute approximate surface area is 131 Å². The van der Waals surface area contributed by atoms with Crippen LogP contribution >= 0.6 is 0 Å². The molecule has 114 valence electrons. The summed E-state index contributed by atoms with van der Waals surface area (Å²) in [4.78, 5) is 22.7. The van der Waals surface area contributed by atoms with Crippen LogP contribution in [0.25, 0.3) is 10.8 Å². The predicted molar refractivity (Wildman–Crippen MR) is 85.0 cm³/mol. The van der Waals surface area contributed by atoms with Gasteiger partial charge in [-0.2, -0.15) is 0 Å². The molecule has 0 aliphatic carbocycles. The molecule has 5 heteroatoms. The maximum atomic E-state index is 13.9. The average Bonchev–Trinajstić information content (AvgIpc) is 2.56. The van der Waals surface area contributed by atoms with E-state index in [4.69, 9.17) is 0 Å². The lowest BCUT2D eigenvalue weighted by Gasteiger charge is -2.05. The number of nitro benzene ring substituents is 1. The molecule has 0 amide bonds. The number of benzene rings is 3. The second-order valence-corrected chi connectivity index (χ2v) is 5.16. The molecule has 0 fully saturated rings. The number of nitro groups is 1. The summed E-state index contributed by atoms with van der Waals surface area (Å²) in [5.74, 6) is -1.10. The van der Waals surface area contributed by atoms with Gasteiger partial charge in [-0.25, -0.2) is 4.39 Å². The van der Waals surface area contributed by atoms with Gasteiger partial charge < -0.3 is 0 Å². The fraction of sp³-hybridized carbons (Fsp3) is 0.0556. The number of nitrogens with zero attached hydrogens (tertiary/aromatic N) is 1. The Balaban J connectivity index is 1.96. The number of ketones is 1. The molecular weight excluding hydrogens is 297 g/mol. The molecule has 0 saturated heterocycles. The minimum Gasteiger partial charge on any atom is -0.294 e. The molecule has 0 heterocycles. The highest BCUT2D eigenvalue weighted by Gasteiger charge is 2.21. The minimum absolute atomic E-state index is 0.185. The van der Waals surface area contributed by atoms with E-state index < -0.39 is 10.7 Å². The van der Waals surface area contributed by atoms with Crippen molar-refractivity contribution in [3.05, 3.63) is 87.7 Å². The van der Waals surface area contributed by atoms with E-state index in [0.717, 1.165) is 16.8 Å². The Hall–Kier alpha value is -3.08. The van der Waals surface area contributed by atoms with Crippen molar-refractivity contribution in [1.29, 1.82) is 0 Å². The van der Waals surface area contributed by atoms with Gasteiger partial charge in [-0.05, 0) is 22.9 Å². The molecule has 3 aromatic rings. The van der Waals surface area contributed by atoms with E-state index in [0.29, 0.717) is 5.56 Å². The first-order chi connectivity index (χ1) is 11.1. The van der Waals surface area contributed by atoms with Crippen LogP contribution in [0, 0.1) is 15.9 Å². The van der Waals surface area contributed by atoms with E-state index in [-0.39, 0.29) is 23.5 Å². The lowest BCUT2D eigenvalue weighted by Crippen LogP contribution is -2.08. The van der Waals surface area contributed by atoms with Crippen LogP contribution in [0.1, 0.15) is 15.9 Å². The molecule has 3 rings (SSSR count). The summed E-state index contributed by atoms with van der Waals surface area (Å²) in [7, 11) is 0. The summed E-state index contributed by atoms with van der Waals surface area (Å²) in [5, 5.41) is 12.9. The zero-order valence-corrected chi connectivity index (χ0v) is 12.0. The molecule has 0 bridgehead atoms. The van der Waals surface area contributed by atoms with Gasteiger partial charge in [0.15, 0.2) is 5.78 Å². The van der Waals surface area contributed by atoms with Crippen LogP contribution in [-0.2, 0) is 6.42 Å². The molecular formula is C18H12FNO3. The lowest BCUT2D eigenvalue weighted by molar-refractivity contribution is -0.385. The summed E-state index contributed by atoms with van der Waals surface area (Å²) in [6, 6.07) is 16.3. The molecule has 3 aromatic carbocycles. The smallest absolute Gasteiger partial charge is 0.275 e. The maximum Gasteiger partial charge on any atom is 0.275 e. The third-order valence-electron chi connectivity index (χ3n) is 3.70. The molecule has 23 heavy (non-hydrogen) atoms. The summed E-state index contributed by atoms with van der Waals surface area (Å²) in [5.41, 5.74) is -0.156. The van der Waals surface area contributed by atoms with Crippen LogP contribution in [0.4, 0.5) is 10.1 Å². The van der Waals surface area contributed by atoms with Crippen LogP contribution in [0.15, 0.2) is 60.7 Å². The van der Waals surface area contributed by atoms with E-state index in [1.807, 2.05) is 24.3 Å². The zero-order chi connectivity index (χ0) is 16.4. The molecule has 0 saturated carbocycles. The second-order valence-electron chi connectivity index (χ2n) is 5.16. The molecule has 0 N–H and O–H groups in total. The van der Waals surface area contributed by atoms with E-state index in [1.54, 1.807) is 18.2 Å². The molecule has 0 atom stereocenters. The van der Waals surface area contributed by atoms with Crippen molar-refractivity contribution in [2.75, 3.05) is 0 Å². The zero-order valence-electron chi connectivity index (χ0n) is 12.0. The van der Waals surface area contributed by atoms with E-state index >= 15 is 0 Å². The highest BCUT2D eigenvalue weighted by Crippen LogP contribution is 2.24. The normalized spacial score (nSPS) is 10.7. The standard InChI is InChI=1S/C18H12FNO3/c19-16-6-3-7-17(20(22)23)15(16)11-18(21)14-9-8-12-4-1-2-5-13(12)10-14/h1-10H,11H2. The Kier molecular flexibility index (Phi) is 3.85. The minimum atomic E-state index is -0.742. The Bertz CT molecular complexity index is 921. The highest BCUT2D eigenvalue weighted by atomic mass is 19.1. The van der Waals surface area contributed by atoms with Gasteiger partial charge in [0.25, 0.3) is 5.69 Å². The first-order valence-corrected chi connectivity index (χ1v) is 7.00. The fourth-order valence-corrected chi connectivity index (χ4v) is 2.52. The Morgan fingerprint density at radius 2 is 1.74 bits per heavy atom. The van der Waals surface area contributed by atoms with Gasteiger partial charge in [-0.15, -0.1) is 0 Å². The largest absolute Gasteiger partial charge is 0.294 e. The van der Waals surface area contributed by atoms with Crippen molar-refractivity contribution in [2.45, 2.75) is 6.42 Å². The first kappa shape index (κ1) is 14.8. The second kappa shape index (κ2) is 5.96. The van der Waals surface area contributed by atoms with E-state index in [1.165, 1.54) is 12.1 Å². The first-order valence-electron chi connectivity index (χ1n) is 7.00. The third kappa shape index (κ3) is 2.94. The van der Waals surface area contributed by atoms with Crippen LogP contribution in [0.2, 0.25) is 0 Å². The summed E-state index contributed by atoms with van der Waals surface area (Å²) in [6.07, 6.45) is -0.346. The van der Waals surface area contributed by atoms with Crippen molar-refractivity contribution < 1.29 is 14.1 Å². The van der Waals surface area contributed by atoms with Crippen molar-refractivity contribution >= 4 is 22.2 Å². The number of Topliss-reactive ketones (excluding diaryl/α,β-unsaturated/α-hetero) is 1. The number of fused-ring (bicyclic) bond motifs is 1. The number of hydrogen-bond acceptors (Lipinski definition) is 3. The third-order valence-corrected chi connectivity index (χ3v) is 3.70. The van der Waals surface area contributed by atoms with Crippen LogP contribution in [0.5, 0.6) is 0 Å². The predicted octanol–water partition coefficient (Wildman–Crippen LogP) is 4.31. The van der Waals surface area contributed by atoms with Crippen molar-refractivity contribution in [2.24, 2.45) is 0 Å². The molecule has 0 unspecified atom stereocenters. The van der Waals surface area contributed by atoms with Crippen LogP contribution in [-0.4, -0.2) is 10.7 Å². The molecule has 0 aliphatic heterocycles. The van der Waals surface area contributed by atoms with Crippen molar-refractivity contribution in [3.8, 4) is 0 Å². The topological polar surface area (TPSA) is 60.2 Å². The van der Waals surface area contributed by atoms with E-state index in [2.05, 4.69) is 0 Å². The molecule has 0 radical (unpaired) electrons. The van der Waals surface area contributed by atoms with Gasteiger partial charge in [-0.3, -0.25) is 14.9 Å². The van der Waals surface area contributed by atoms with Crippen LogP contribution in [0.3, 0.4) is 0 Å². The number of halogens is 1. The lowest BCUT2D eigenvalue weighted by atomic mass is 9.99. The Morgan fingerprint density at radius 3 is 2.48 bits per heavy atom. The summed E-state index contributed by atoms with van der Waals surface area (Å²) in [6.45, 7) is 0. The molecule has 0 aliphatic rings. The number of carbonyl (C=O) groups excluding carboxylic acids is 1. The van der Waals surface area contributed by atoms with Gasteiger partial charge in [-0.1, -0.05) is 42.5 Å². The number of carbonyl (C=O) groups is 1. The van der Waals surface area contributed by atoms with Gasteiger partial charge in [0, 0.05) is 18.1 Å². The number of hydrogen-bond donors (Lipinski definition) is 0. The van der Waals surface area contributed by atoms with Crippen molar-refractivity contribution in [1.82, 2.24) is 0 Å². The quantitative estimate of drug-likeness (QED) is 0.410. The van der Waals surface area contributed by atoms with Gasteiger partial charge in [0.2, 0.25) is 0 Å². The average molecular weight is 309 g/mol. The van der Waals surface area contributed by atoms with Gasteiger partial charge in [0.1, 0.15) is 5.82 Å². The van der Waals surface area contributed by atoms with Crippen molar-refractivity contribution in [3.63, 3.8) is 0 Å². The molecule has 4 nitrogen and oxygen atoms in total.